The lowest BCUT2D eigenvalue weighted by Gasteiger charge is -2.26. The van der Waals surface area contributed by atoms with Crippen LogP contribution in [0.2, 0.25) is 0 Å². The van der Waals surface area contributed by atoms with E-state index in [9.17, 15) is 18.0 Å². The third-order valence-electron chi connectivity index (χ3n) is 5.69. The quantitative estimate of drug-likeness (QED) is 0.759. The largest absolute Gasteiger partial charge is 0.416 e. The first-order valence-electron chi connectivity index (χ1n) is 8.88. The van der Waals surface area contributed by atoms with Gasteiger partial charge in [0, 0.05) is 13.0 Å². The lowest BCUT2D eigenvalue weighted by atomic mass is 10.0. The number of fused-ring (bicyclic) bond motifs is 1. The van der Waals surface area contributed by atoms with Gasteiger partial charge in [0.05, 0.1) is 11.6 Å². The number of rotatable bonds is 3. The van der Waals surface area contributed by atoms with Crippen LogP contribution in [-0.4, -0.2) is 17.9 Å². The summed E-state index contributed by atoms with van der Waals surface area (Å²) in [5, 5.41) is 0. The molecule has 0 bridgehead atoms. The second-order valence-corrected chi connectivity index (χ2v) is 7.27. The fourth-order valence-electron chi connectivity index (χ4n) is 4.11. The molecule has 2 aliphatic rings. The van der Waals surface area contributed by atoms with E-state index >= 15 is 0 Å². The van der Waals surface area contributed by atoms with Crippen LogP contribution in [0.15, 0.2) is 48.5 Å². The second kappa shape index (κ2) is 6.15. The molecule has 1 saturated carbocycles. The van der Waals surface area contributed by atoms with E-state index in [0.29, 0.717) is 6.42 Å². The van der Waals surface area contributed by atoms with Crippen LogP contribution in [0.4, 0.5) is 13.2 Å². The molecule has 4 rings (SSSR count). The number of aryl methyl sites for hydroxylation is 1. The number of hydrogen-bond acceptors (Lipinski definition) is 1. The predicted octanol–water partition coefficient (Wildman–Crippen LogP) is 4.95. The Labute approximate surface area is 150 Å². The van der Waals surface area contributed by atoms with Crippen molar-refractivity contribution in [3.05, 3.63) is 70.8 Å². The Balaban J connectivity index is 1.44. The van der Waals surface area contributed by atoms with Crippen LogP contribution in [0.5, 0.6) is 0 Å². The zero-order valence-electron chi connectivity index (χ0n) is 14.5. The lowest BCUT2D eigenvalue weighted by molar-refractivity contribution is -0.137. The molecule has 0 heterocycles. The van der Waals surface area contributed by atoms with Crippen molar-refractivity contribution in [1.82, 2.24) is 4.90 Å². The Bertz CT molecular complexity index is 828. The molecule has 0 spiro atoms. The maximum atomic E-state index is 12.9. The van der Waals surface area contributed by atoms with Gasteiger partial charge in [-0.3, -0.25) is 4.79 Å². The molecule has 1 fully saturated rings. The fourth-order valence-corrected chi connectivity index (χ4v) is 4.11. The number of amides is 1. The van der Waals surface area contributed by atoms with Crippen molar-refractivity contribution in [1.29, 1.82) is 0 Å². The van der Waals surface area contributed by atoms with Crippen LogP contribution in [0.1, 0.15) is 47.1 Å². The second-order valence-electron chi connectivity index (χ2n) is 7.27. The number of alkyl halides is 3. The van der Waals surface area contributed by atoms with E-state index in [0.717, 1.165) is 30.5 Å². The smallest absolute Gasteiger partial charge is 0.338 e. The minimum absolute atomic E-state index is 0.0314. The highest BCUT2D eigenvalue weighted by Gasteiger charge is 2.46. The van der Waals surface area contributed by atoms with Crippen molar-refractivity contribution in [2.75, 3.05) is 7.05 Å². The topological polar surface area (TPSA) is 20.3 Å². The molecule has 136 valence electrons. The molecule has 3 atom stereocenters. The molecule has 2 aromatic rings. The van der Waals surface area contributed by atoms with Gasteiger partial charge in [0.2, 0.25) is 5.91 Å². The van der Waals surface area contributed by atoms with Gasteiger partial charge < -0.3 is 4.90 Å². The summed E-state index contributed by atoms with van der Waals surface area (Å²) < 4.78 is 38.0. The van der Waals surface area contributed by atoms with Gasteiger partial charge in [-0.05, 0) is 54.0 Å². The first kappa shape index (κ1) is 17.1. The molecule has 2 aliphatic carbocycles. The molecule has 0 saturated heterocycles. The van der Waals surface area contributed by atoms with E-state index in [1.165, 1.54) is 23.3 Å². The maximum Gasteiger partial charge on any atom is 0.416 e. The summed E-state index contributed by atoms with van der Waals surface area (Å²) >= 11 is 0. The molecule has 3 unspecified atom stereocenters. The summed E-state index contributed by atoms with van der Waals surface area (Å²) in [5.41, 5.74) is 2.68. The van der Waals surface area contributed by atoms with Gasteiger partial charge in [-0.1, -0.05) is 36.4 Å². The lowest BCUT2D eigenvalue weighted by Crippen LogP contribution is -2.31. The van der Waals surface area contributed by atoms with Crippen molar-refractivity contribution in [2.24, 2.45) is 5.92 Å². The van der Waals surface area contributed by atoms with E-state index in [-0.39, 0.29) is 23.8 Å². The molecular weight excluding hydrogens is 339 g/mol. The van der Waals surface area contributed by atoms with Crippen molar-refractivity contribution in [3.63, 3.8) is 0 Å². The molecule has 2 nitrogen and oxygen atoms in total. The van der Waals surface area contributed by atoms with E-state index < -0.39 is 11.7 Å². The molecule has 2 aromatic carbocycles. The minimum Gasteiger partial charge on any atom is -0.338 e. The molecule has 0 aromatic heterocycles. The monoisotopic (exact) mass is 359 g/mol. The summed E-state index contributed by atoms with van der Waals surface area (Å²) in [4.78, 5) is 14.7. The normalized spacial score (nSPS) is 24.2. The maximum absolute atomic E-state index is 12.9. The van der Waals surface area contributed by atoms with Crippen LogP contribution in [0, 0.1) is 5.92 Å². The van der Waals surface area contributed by atoms with Gasteiger partial charge in [-0.15, -0.1) is 0 Å². The van der Waals surface area contributed by atoms with Gasteiger partial charge in [0.25, 0.3) is 0 Å². The summed E-state index contributed by atoms with van der Waals surface area (Å²) in [5.74, 6) is 0.00461. The number of hydrogen-bond donors (Lipinski definition) is 0. The van der Waals surface area contributed by atoms with Crippen LogP contribution >= 0.6 is 0 Å². The molecular formula is C21H20F3NO. The zero-order valence-corrected chi connectivity index (χ0v) is 14.5. The van der Waals surface area contributed by atoms with Gasteiger partial charge in [-0.2, -0.15) is 13.2 Å². The van der Waals surface area contributed by atoms with Gasteiger partial charge in [-0.25, -0.2) is 0 Å². The highest BCUT2D eigenvalue weighted by atomic mass is 19.4. The Morgan fingerprint density at radius 1 is 1.08 bits per heavy atom. The molecule has 26 heavy (non-hydrogen) atoms. The summed E-state index contributed by atoms with van der Waals surface area (Å²) in [6, 6.07) is 13.5. The number of nitrogens with zero attached hydrogens (tertiary/aromatic N) is 1. The minimum atomic E-state index is -4.33. The van der Waals surface area contributed by atoms with Crippen LogP contribution < -0.4 is 0 Å². The number of halogens is 3. The van der Waals surface area contributed by atoms with Crippen LogP contribution in [0.3, 0.4) is 0 Å². The third kappa shape index (κ3) is 3.00. The van der Waals surface area contributed by atoms with Crippen molar-refractivity contribution >= 4 is 5.91 Å². The van der Waals surface area contributed by atoms with Crippen molar-refractivity contribution in [2.45, 2.75) is 37.4 Å². The number of carbonyl (C=O) groups excluding carboxylic acids is 1. The first-order valence-corrected chi connectivity index (χ1v) is 8.88. The highest BCUT2D eigenvalue weighted by molar-refractivity contribution is 5.83. The SMILES string of the molecule is CN(C(=O)C1CC1c1ccc(C(F)(F)F)cc1)C1CCc2ccccc21. The summed E-state index contributed by atoms with van der Waals surface area (Å²) in [7, 11) is 1.84. The Morgan fingerprint density at radius 3 is 2.46 bits per heavy atom. The predicted molar refractivity (Wildman–Crippen MR) is 92.6 cm³/mol. The Morgan fingerprint density at radius 2 is 1.77 bits per heavy atom. The van der Waals surface area contributed by atoms with Crippen LogP contribution in [0.25, 0.3) is 0 Å². The van der Waals surface area contributed by atoms with Gasteiger partial charge in [0.15, 0.2) is 0 Å². The highest BCUT2D eigenvalue weighted by Crippen LogP contribution is 2.50. The standard InChI is InChI=1S/C21H20F3NO/c1-25(19-11-8-13-4-2-3-5-16(13)19)20(26)18-12-17(18)14-6-9-15(10-7-14)21(22,23)24/h2-7,9-10,17-19H,8,11-12H2,1H3. The average molecular weight is 359 g/mol. The van der Waals surface area contributed by atoms with E-state index in [1.54, 1.807) is 0 Å². The van der Waals surface area contributed by atoms with Gasteiger partial charge in [0.1, 0.15) is 0 Å². The first-order chi connectivity index (χ1) is 12.4. The molecule has 0 radical (unpaired) electrons. The van der Waals surface area contributed by atoms with Gasteiger partial charge >= 0.3 is 6.18 Å². The van der Waals surface area contributed by atoms with Crippen molar-refractivity contribution in [3.8, 4) is 0 Å². The van der Waals surface area contributed by atoms with E-state index in [4.69, 9.17) is 0 Å². The third-order valence-corrected chi connectivity index (χ3v) is 5.69. The molecule has 0 aliphatic heterocycles. The fraction of sp³-hybridized carbons (Fsp3) is 0.381. The van der Waals surface area contributed by atoms with E-state index in [2.05, 4.69) is 12.1 Å². The summed E-state index contributed by atoms with van der Waals surface area (Å²) in [6.07, 6.45) is -1.71. The molecule has 0 N–H and O–H groups in total. The van der Waals surface area contributed by atoms with Crippen LogP contribution in [-0.2, 0) is 17.4 Å². The van der Waals surface area contributed by atoms with Crippen molar-refractivity contribution < 1.29 is 18.0 Å². The van der Waals surface area contributed by atoms with E-state index in [1.807, 2.05) is 24.1 Å². The number of benzene rings is 2. The summed E-state index contributed by atoms with van der Waals surface area (Å²) in [6.45, 7) is 0. The zero-order chi connectivity index (χ0) is 18.5. The average Bonchev–Trinajstić information content (AvgIpc) is 3.31. The Hall–Kier alpha value is -2.30. The molecule has 1 amide bonds. The Kier molecular flexibility index (Phi) is 4.05. The number of carbonyl (C=O) groups is 1. The molecule has 5 heteroatoms.